The van der Waals surface area contributed by atoms with Crippen molar-refractivity contribution in [3.8, 4) is 0 Å². The Morgan fingerprint density at radius 1 is 1.28 bits per heavy atom. The molecule has 1 rings (SSSR count). The average Bonchev–Trinajstić information content (AvgIpc) is 2.33. The molecule has 0 saturated carbocycles. The highest BCUT2D eigenvalue weighted by molar-refractivity contribution is 5.55. The van der Waals surface area contributed by atoms with Gasteiger partial charge in [0.1, 0.15) is 5.82 Å². The summed E-state index contributed by atoms with van der Waals surface area (Å²) in [6.07, 6.45) is 1.09. The number of anilines is 1. The third kappa shape index (κ3) is 3.70. The Kier molecular flexibility index (Phi) is 6.13. The van der Waals surface area contributed by atoms with E-state index in [4.69, 9.17) is 0 Å². The lowest BCUT2D eigenvalue weighted by molar-refractivity contribution is 0.594. The molecule has 1 aromatic carbocycles. The van der Waals surface area contributed by atoms with Crippen molar-refractivity contribution in [3.63, 3.8) is 0 Å². The van der Waals surface area contributed by atoms with Crippen LogP contribution in [0.25, 0.3) is 0 Å². The predicted octanol–water partition coefficient (Wildman–Crippen LogP) is 3.56. The lowest BCUT2D eigenvalue weighted by atomic mass is 10.1. The molecule has 0 atom stereocenters. The molecule has 1 aromatic rings. The van der Waals surface area contributed by atoms with Gasteiger partial charge in [-0.15, -0.1) is 0 Å². The summed E-state index contributed by atoms with van der Waals surface area (Å²) in [5.74, 6) is -0.124. The number of benzene rings is 1. The van der Waals surface area contributed by atoms with E-state index in [1.165, 1.54) is 0 Å². The van der Waals surface area contributed by atoms with Gasteiger partial charge in [-0.3, -0.25) is 0 Å². The van der Waals surface area contributed by atoms with Gasteiger partial charge in [-0.25, -0.2) is 4.39 Å². The quantitative estimate of drug-likeness (QED) is 0.746. The van der Waals surface area contributed by atoms with E-state index in [-0.39, 0.29) is 5.82 Å². The van der Waals surface area contributed by atoms with Gasteiger partial charge in [0.05, 0.1) is 5.69 Å². The zero-order valence-corrected chi connectivity index (χ0v) is 12.0. The fourth-order valence-electron chi connectivity index (χ4n) is 2.21. The third-order valence-electron chi connectivity index (χ3n) is 3.06. The Morgan fingerprint density at radius 3 is 2.56 bits per heavy atom. The number of rotatable bonds is 7. The highest BCUT2D eigenvalue weighted by atomic mass is 19.1. The Labute approximate surface area is 110 Å². The van der Waals surface area contributed by atoms with Gasteiger partial charge in [0.15, 0.2) is 0 Å². The first-order valence-corrected chi connectivity index (χ1v) is 6.86. The molecule has 0 saturated heterocycles. The van der Waals surface area contributed by atoms with Gasteiger partial charge >= 0.3 is 0 Å². The van der Waals surface area contributed by atoms with Crippen LogP contribution in [0.4, 0.5) is 10.1 Å². The molecule has 0 bridgehead atoms. The fraction of sp³-hybridized carbons (Fsp3) is 0.600. The zero-order valence-electron chi connectivity index (χ0n) is 12.0. The minimum absolute atomic E-state index is 0.124. The second-order valence-corrected chi connectivity index (χ2v) is 4.80. The van der Waals surface area contributed by atoms with Gasteiger partial charge in [0, 0.05) is 19.1 Å². The Bertz CT molecular complexity index is 364. The maximum Gasteiger partial charge on any atom is 0.146 e. The lowest BCUT2D eigenvalue weighted by Gasteiger charge is -2.30. The summed E-state index contributed by atoms with van der Waals surface area (Å²) in [7, 11) is 0. The number of nitrogens with one attached hydrogen (secondary N) is 1. The molecule has 2 nitrogen and oxygen atoms in total. The van der Waals surface area contributed by atoms with E-state index in [9.17, 15) is 4.39 Å². The second kappa shape index (κ2) is 7.37. The van der Waals surface area contributed by atoms with Crippen molar-refractivity contribution in [2.24, 2.45) is 0 Å². The largest absolute Gasteiger partial charge is 0.367 e. The van der Waals surface area contributed by atoms with E-state index in [1.54, 1.807) is 12.1 Å². The van der Waals surface area contributed by atoms with Gasteiger partial charge in [-0.2, -0.15) is 0 Å². The molecule has 0 radical (unpaired) electrons. The van der Waals surface area contributed by atoms with E-state index in [0.29, 0.717) is 6.04 Å². The smallest absolute Gasteiger partial charge is 0.146 e. The van der Waals surface area contributed by atoms with Crippen LogP contribution in [0.5, 0.6) is 0 Å². The van der Waals surface area contributed by atoms with E-state index in [1.807, 2.05) is 6.07 Å². The van der Waals surface area contributed by atoms with Crippen LogP contribution in [0.1, 0.15) is 39.7 Å². The predicted molar refractivity (Wildman–Crippen MR) is 76.6 cm³/mol. The first kappa shape index (κ1) is 15.0. The first-order chi connectivity index (χ1) is 8.61. The minimum atomic E-state index is -0.124. The Hall–Kier alpha value is -1.09. The first-order valence-electron chi connectivity index (χ1n) is 6.86. The average molecular weight is 252 g/mol. The van der Waals surface area contributed by atoms with Crippen LogP contribution in [0, 0.1) is 5.82 Å². The molecule has 0 spiro atoms. The number of nitrogens with zero attached hydrogens (tertiary/aromatic N) is 1. The van der Waals surface area contributed by atoms with Crippen molar-refractivity contribution < 1.29 is 4.39 Å². The van der Waals surface area contributed by atoms with Crippen molar-refractivity contribution in [2.45, 2.75) is 46.7 Å². The van der Waals surface area contributed by atoms with Gasteiger partial charge in [-0.05, 0) is 45.4 Å². The Morgan fingerprint density at radius 2 is 2.00 bits per heavy atom. The maximum absolute atomic E-state index is 14.1. The summed E-state index contributed by atoms with van der Waals surface area (Å²) in [5.41, 5.74) is 1.79. The van der Waals surface area contributed by atoms with Crippen LogP contribution < -0.4 is 10.2 Å². The molecule has 0 fully saturated rings. The van der Waals surface area contributed by atoms with Crippen molar-refractivity contribution in [1.29, 1.82) is 0 Å². The van der Waals surface area contributed by atoms with Crippen LogP contribution in [0.15, 0.2) is 18.2 Å². The second-order valence-electron chi connectivity index (χ2n) is 4.80. The zero-order chi connectivity index (χ0) is 13.5. The van der Waals surface area contributed by atoms with Crippen LogP contribution in [-0.4, -0.2) is 19.1 Å². The fourth-order valence-corrected chi connectivity index (χ4v) is 2.21. The van der Waals surface area contributed by atoms with E-state index >= 15 is 0 Å². The number of halogens is 1. The SMILES string of the molecule is CCCNCc1cccc(F)c1N(CC)C(C)C. The van der Waals surface area contributed by atoms with Crippen LogP contribution in [0.2, 0.25) is 0 Å². The molecule has 3 heteroatoms. The van der Waals surface area contributed by atoms with Gasteiger partial charge in [0.25, 0.3) is 0 Å². The van der Waals surface area contributed by atoms with E-state index in [2.05, 4.69) is 37.9 Å². The maximum atomic E-state index is 14.1. The summed E-state index contributed by atoms with van der Waals surface area (Å²) in [6.45, 7) is 10.9. The highest BCUT2D eigenvalue weighted by Gasteiger charge is 2.16. The lowest BCUT2D eigenvalue weighted by Crippen LogP contribution is -2.32. The molecule has 0 heterocycles. The van der Waals surface area contributed by atoms with E-state index < -0.39 is 0 Å². The highest BCUT2D eigenvalue weighted by Crippen LogP contribution is 2.26. The molecular weight excluding hydrogens is 227 g/mol. The molecule has 1 N–H and O–H groups in total. The minimum Gasteiger partial charge on any atom is -0.367 e. The van der Waals surface area contributed by atoms with Crippen molar-refractivity contribution in [3.05, 3.63) is 29.6 Å². The molecule has 0 aliphatic carbocycles. The van der Waals surface area contributed by atoms with Crippen LogP contribution in [-0.2, 0) is 6.54 Å². The molecule has 0 aliphatic heterocycles. The number of hydrogen-bond donors (Lipinski definition) is 1. The molecule has 0 aliphatic rings. The molecule has 0 amide bonds. The van der Waals surface area contributed by atoms with E-state index in [0.717, 1.165) is 37.3 Å². The standard InChI is InChI=1S/C15H25FN2/c1-5-10-17-11-13-8-7-9-14(16)15(13)18(6-2)12(3)4/h7-9,12,17H,5-6,10-11H2,1-4H3. The van der Waals surface area contributed by atoms with Gasteiger partial charge in [-0.1, -0.05) is 19.1 Å². The van der Waals surface area contributed by atoms with Crippen molar-refractivity contribution >= 4 is 5.69 Å². The van der Waals surface area contributed by atoms with Gasteiger partial charge < -0.3 is 10.2 Å². The van der Waals surface area contributed by atoms with Crippen molar-refractivity contribution in [1.82, 2.24) is 5.32 Å². The molecule has 0 aromatic heterocycles. The summed E-state index contributed by atoms with van der Waals surface area (Å²) in [5, 5.41) is 3.34. The molecular formula is C15H25FN2. The van der Waals surface area contributed by atoms with Crippen molar-refractivity contribution in [2.75, 3.05) is 18.0 Å². The topological polar surface area (TPSA) is 15.3 Å². The Balaban J connectivity index is 2.99. The van der Waals surface area contributed by atoms with Crippen LogP contribution in [0.3, 0.4) is 0 Å². The van der Waals surface area contributed by atoms with Gasteiger partial charge in [0.2, 0.25) is 0 Å². The number of para-hydroxylation sites is 1. The summed E-state index contributed by atoms with van der Waals surface area (Å²) < 4.78 is 14.1. The summed E-state index contributed by atoms with van der Waals surface area (Å²) in [6, 6.07) is 5.64. The molecule has 102 valence electrons. The normalized spacial score (nSPS) is 11.0. The summed E-state index contributed by atoms with van der Waals surface area (Å²) >= 11 is 0. The van der Waals surface area contributed by atoms with Crippen LogP contribution >= 0.6 is 0 Å². The number of hydrogen-bond acceptors (Lipinski definition) is 2. The summed E-state index contributed by atoms with van der Waals surface area (Å²) in [4.78, 5) is 2.11. The monoisotopic (exact) mass is 252 g/mol. The molecule has 18 heavy (non-hydrogen) atoms. The molecule has 0 unspecified atom stereocenters. The third-order valence-corrected chi connectivity index (χ3v) is 3.06.